The zero-order valence-electron chi connectivity index (χ0n) is 13.1. The van der Waals surface area contributed by atoms with Crippen molar-refractivity contribution in [3.63, 3.8) is 0 Å². The lowest BCUT2D eigenvalue weighted by atomic mass is 10.1. The van der Waals surface area contributed by atoms with Gasteiger partial charge in [0, 0.05) is 32.6 Å². The van der Waals surface area contributed by atoms with Crippen LogP contribution in [0.1, 0.15) is 27.2 Å². The third kappa shape index (κ3) is 6.01. The molecule has 0 aliphatic carbocycles. The Balaban J connectivity index is 2.29. The van der Waals surface area contributed by atoms with E-state index in [1.807, 2.05) is 13.8 Å². The van der Waals surface area contributed by atoms with E-state index in [4.69, 9.17) is 4.74 Å². The minimum absolute atomic E-state index is 0.0188. The molecule has 0 unspecified atom stereocenters. The van der Waals surface area contributed by atoms with E-state index in [-0.39, 0.29) is 30.4 Å². The average Bonchev–Trinajstić information content (AvgIpc) is 2.44. The van der Waals surface area contributed by atoms with Crippen LogP contribution in [0.3, 0.4) is 0 Å². The average molecular weight is 299 g/mol. The zero-order valence-corrected chi connectivity index (χ0v) is 13.1. The summed E-state index contributed by atoms with van der Waals surface area (Å²) in [6.07, 6.45) is 0.0824. The summed E-state index contributed by atoms with van der Waals surface area (Å²) in [6, 6.07) is 0. The van der Waals surface area contributed by atoms with E-state index < -0.39 is 0 Å². The zero-order chi connectivity index (χ0) is 15.8. The van der Waals surface area contributed by atoms with E-state index in [0.29, 0.717) is 39.2 Å². The molecule has 1 fully saturated rings. The molecule has 0 radical (unpaired) electrons. The Labute approximate surface area is 125 Å². The highest BCUT2D eigenvalue weighted by Crippen LogP contribution is 2.04. The second kappa shape index (κ2) is 8.49. The summed E-state index contributed by atoms with van der Waals surface area (Å²) >= 11 is 0. The van der Waals surface area contributed by atoms with Crippen molar-refractivity contribution in [2.75, 3.05) is 39.3 Å². The van der Waals surface area contributed by atoms with Crippen LogP contribution in [0.4, 0.5) is 4.79 Å². The van der Waals surface area contributed by atoms with Crippen LogP contribution in [0.2, 0.25) is 0 Å². The predicted octanol–water partition coefficient (Wildman–Crippen LogP) is 0.449. The number of hydrogen-bond acceptors (Lipinski definition) is 4. The van der Waals surface area contributed by atoms with Gasteiger partial charge >= 0.3 is 6.09 Å². The van der Waals surface area contributed by atoms with E-state index in [2.05, 4.69) is 5.32 Å². The number of ether oxygens (including phenoxy) is 1. The summed E-state index contributed by atoms with van der Waals surface area (Å²) in [4.78, 5) is 38.3. The summed E-state index contributed by atoms with van der Waals surface area (Å²) in [7, 11) is 0. The molecule has 0 aromatic rings. The smallest absolute Gasteiger partial charge is 0.409 e. The van der Waals surface area contributed by atoms with Gasteiger partial charge in [-0.1, -0.05) is 13.8 Å². The minimum atomic E-state index is -0.338. The molecule has 0 aromatic carbocycles. The van der Waals surface area contributed by atoms with E-state index >= 15 is 0 Å². The molecule has 0 aromatic heterocycles. The molecule has 0 bridgehead atoms. The van der Waals surface area contributed by atoms with Gasteiger partial charge in [-0.3, -0.25) is 9.59 Å². The normalized spacial score (nSPS) is 15.0. The van der Waals surface area contributed by atoms with Gasteiger partial charge in [-0.15, -0.1) is 0 Å². The number of piperazine rings is 1. The number of nitrogens with zero attached hydrogens (tertiary/aromatic N) is 2. The van der Waals surface area contributed by atoms with Gasteiger partial charge in [0.2, 0.25) is 11.8 Å². The maximum atomic E-state index is 12.0. The molecule has 0 spiro atoms. The lowest BCUT2D eigenvalue weighted by molar-refractivity contribution is -0.134. The largest absolute Gasteiger partial charge is 0.450 e. The van der Waals surface area contributed by atoms with E-state index in [1.54, 1.807) is 16.7 Å². The molecule has 3 amide bonds. The van der Waals surface area contributed by atoms with Crippen LogP contribution in [0, 0.1) is 5.92 Å². The molecular weight excluding hydrogens is 274 g/mol. The molecule has 1 saturated heterocycles. The third-order valence-corrected chi connectivity index (χ3v) is 3.19. The quantitative estimate of drug-likeness (QED) is 0.799. The lowest BCUT2D eigenvalue weighted by Gasteiger charge is -2.34. The van der Waals surface area contributed by atoms with Crippen molar-refractivity contribution in [1.82, 2.24) is 15.1 Å². The number of hydrogen-bond donors (Lipinski definition) is 1. The second-order valence-electron chi connectivity index (χ2n) is 5.44. The Bertz CT molecular complexity index is 376. The van der Waals surface area contributed by atoms with Gasteiger partial charge in [-0.25, -0.2) is 4.79 Å². The van der Waals surface area contributed by atoms with Gasteiger partial charge in [0.15, 0.2) is 0 Å². The monoisotopic (exact) mass is 299 g/mol. The lowest BCUT2D eigenvalue weighted by Crippen LogP contribution is -2.52. The minimum Gasteiger partial charge on any atom is -0.450 e. The van der Waals surface area contributed by atoms with Crippen molar-refractivity contribution in [2.24, 2.45) is 5.92 Å². The molecule has 21 heavy (non-hydrogen) atoms. The Morgan fingerprint density at radius 1 is 1.10 bits per heavy atom. The fraction of sp³-hybridized carbons (Fsp3) is 0.786. The molecule has 0 atom stereocenters. The SMILES string of the molecule is CCOC(=O)N1CCN(C(=O)CNC(=O)CC(C)C)CC1. The van der Waals surface area contributed by atoms with E-state index in [1.165, 1.54) is 0 Å². The van der Waals surface area contributed by atoms with Crippen LogP contribution in [0.15, 0.2) is 0 Å². The first-order valence-electron chi connectivity index (χ1n) is 7.40. The number of nitrogens with one attached hydrogen (secondary N) is 1. The number of carbonyl (C=O) groups is 3. The van der Waals surface area contributed by atoms with Crippen molar-refractivity contribution in [3.05, 3.63) is 0 Å². The number of amides is 3. The van der Waals surface area contributed by atoms with E-state index in [0.717, 1.165) is 0 Å². The standard InChI is InChI=1S/C14H25N3O4/c1-4-21-14(20)17-7-5-16(6-8-17)13(19)10-15-12(18)9-11(2)3/h11H,4-10H2,1-3H3,(H,15,18). The number of carbonyl (C=O) groups excluding carboxylic acids is 3. The van der Waals surface area contributed by atoms with Crippen LogP contribution in [0.25, 0.3) is 0 Å². The van der Waals surface area contributed by atoms with Crippen LogP contribution in [-0.4, -0.2) is 67.0 Å². The summed E-state index contributed by atoms with van der Waals surface area (Å²) in [5.74, 6) is 0.0485. The first-order chi connectivity index (χ1) is 9.93. The van der Waals surface area contributed by atoms with Crippen LogP contribution >= 0.6 is 0 Å². The van der Waals surface area contributed by atoms with Crippen molar-refractivity contribution in [3.8, 4) is 0 Å². The second-order valence-corrected chi connectivity index (χ2v) is 5.44. The molecule has 1 aliphatic heterocycles. The molecule has 1 N–H and O–H groups in total. The highest BCUT2D eigenvalue weighted by atomic mass is 16.6. The topological polar surface area (TPSA) is 79.0 Å². The summed E-state index contributed by atoms with van der Waals surface area (Å²) < 4.78 is 4.92. The fourth-order valence-electron chi connectivity index (χ4n) is 2.08. The summed E-state index contributed by atoms with van der Waals surface area (Å²) in [6.45, 7) is 7.90. The Morgan fingerprint density at radius 2 is 1.67 bits per heavy atom. The third-order valence-electron chi connectivity index (χ3n) is 3.19. The van der Waals surface area contributed by atoms with Gasteiger partial charge in [-0.05, 0) is 12.8 Å². The fourth-order valence-corrected chi connectivity index (χ4v) is 2.08. The highest BCUT2D eigenvalue weighted by Gasteiger charge is 2.24. The predicted molar refractivity (Wildman–Crippen MR) is 77.6 cm³/mol. The van der Waals surface area contributed by atoms with Crippen molar-refractivity contribution < 1.29 is 19.1 Å². The Hall–Kier alpha value is -1.79. The summed E-state index contributed by atoms with van der Waals surface area (Å²) in [5.41, 5.74) is 0. The van der Waals surface area contributed by atoms with Gasteiger partial charge in [0.25, 0.3) is 0 Å². The first-order valence-corrected chi connectivity index (χ1v) is 7.40. The molecular formula is C14H25N3O4. The van der Waals surface area contributed by atoms with Gasteiger partial charge in [-0.2, -0.15) is 0 Å². The Kier molecular flexibility index (Phi) is 6.98. The summed E-state index contributed by atoms with van der Waals surface area (Å²) in [5, 5.41) is 2.63. The first kappa shape index (κ1) is 17.3. The number of rotatable bonds is 5. The molecule has 1 rings (SSSR count). The maximum absolute atomic E-state index is 12.0. The van der Waals surface area contributed by atoms with Crippen LogP contribution in [0.5, 0.6) is 0 Å². The van der Waals surface area contributed by atoms with Crippen molar-refractivity contribution in [2.45, 2.75) is 27.2 Å². The van der Waals surface area contributed by atoms with E-state index in [9.17, 15) is 14.4 Å². The molecule has 7 nitrogen and oxygen atoms in total. The Morgan fingerprint density at radius 3 is 2.19 bits per heavy atom. The van der Waals surface area contributed by atoms with Crippen molar-refractivity contribution >= 4 is 17.9 Å². The molecule has 0 saturated carbocycles. The van der Waals surface area contributed by atoms with Crippen LogP contribution in [-0.2, 0) is 14.3 Å². The molecule has 1 aliphatic rings. The maximum Gasteiger partial charge on any atom is 0.409 e. The van der Waals surface area contributed by atoms with Crippen molar-refractivity contribution in [1.29, 1.82) is 0 Å². The molecule has 120 valence electrons. The molecule has 7 heteroatoms. The molecule has 1 heterocycles. The van der Waals surface area contributed by atoms with Gasteiger partial charge in [0.1, 0.15) is 0 Å². The van der Waals surface area contributed by atoms with Gasteiger partial charge < -0.3 is 19.9 Å². The highest BCUT2D eigenvalue weighted by molar-refractivity contribution is 5.85. The van der Waals surface area contributed by atoms with Gasteiger partial charge in [0.05, 0.1) is 13.2 Å². The van der Waals surface area contributed by atoms with Crippen LogP contribution < -0.4 is 5.32 Å².